The second kappa shape index (κ2) is 5.29. The quantitative estimate of drug-likeness (QED) is 0.565. The first-order valence-corrected chi connectivity index (χ1v) is 4.78. The molecule has 1 aromatic heterocycles. The van der Waals surface area contributed by atoms with Crippen molar-refractivity contribution >= 4 is 11.8 Å². The number of hydrogen-bond acceptors (Lipinski definition) is 6. The Balaban J connectivity index is 3.35. The SMILES string of the molecule is COC(=O)Cc1cc(=O)oc(OC)c1C(C)=O. The molecule has 6 heteroatoms. The molecule has 0 N–H and O–H groups in total. The largest absolute Gasteiger partial charge is 0.469 e. The van der Waals surface area contributed by atoms with Crippen molar-refractivity contribution in [2.75, 3.05) is 14.2 Å². The molecule has 0 saturated carbocycles. The number of carbonyl (C=O) groups excluding carboxylic acids is 2. The lowest BCUT2D eigenvalue weighted by Crippen LogP contribution is -2.14. The third kappa shape index (κ3) is 2.93. The molecule has 0 atom stereocenters. The number of ketones is 1. The van der Waals surface area contributed by atoms with Crippen LogP contribution in [-0.2, 0) is 16.0 Å². The summed E-state index contributed by atoms with van der Waals surface area (Å²) in [6, 6.07) is 1.08. The van der Waals surface area contributed by atoms with Crippen molar-refractivity contribution in [3.63, 3.8) is 0 Å². The maximum atomic E-state index is 11.4. The summed E-state index contributed by atoms with van der Waals surface area (Å²) in [7, 11) is 2.49. The van der Waals surface area contributed by atoms with E-state index in [1.54, 1.807) is 0 Å². The Morgan fingerprint density at radius 1 is 1.35 bits per heavy atom. The van der Waals surface area contributed by atoms with E-state index in [0.29, 0.717) is 0 Å². The second-order valence-corrected chi connectivity index (χ2v) is 3.27. The van der Waals surface area contributed by atoms with Gasteiger partial charge in [0.05, 0.1) is 20.6 Å². The third-order valence-corrected chi connectivity index (χ3v) is 2.11. The lowest BCUT2D eigenvalue weighted by molar-refractivity contribution is -0.139. The van der Waals surface area contributed by atoms with Crippen LogP contribution in [0.2, 0.25) is 0 Å². The predicted octanol–water partition coefficient (Wildman–Crippen LogP) is 0.566. The van der Waals surface area contributed by atoms with Gasteiger partial charge in [-0.2, -0.15) is 0 Å². The number of methoxy groups -OCH3 is 2. The van der Waals surface area contributed by atoms with Crippen LogP contribution in [-0.4, -0.2) is 26.0 Å². The lowest BCUT2D eigenvalue weighted by atomic mass is 10.0. The van der Waals surface area contributed by atoms with Gasteiger partial charge < -0.3 is 13.9 Å². The predicted molar refractivity (Wildman–Crippen MR) is 57.3 cm³/mol. The molecule has 0 saturated heterocycles. The molecule has 0 amide bonds. The van der Waals surface area contributed by atoms with Crippen molar-refractivity contribution in [2.24, 2.45) is 0 Å². The van der Waals surface area contributed by atoms with E-state index in [9.17, 15) is 14.4 Å². The van der Waals surface area contributed by atoms with Crippen molar-refractivity contribution in [3.8, 4) is 5.95 Å². The molecule has 92 valence electrons. The average Bonchev–Trinajstić information content (AvgIpc) is 2.27. The van der Waals surface area contributed by atoms with Crippen LogP contribution in [0.3, 0.4) is 0 Å². The van der Waals surface area contributed by atoms with E-state index in [-0.39, 0.29) is 29.3 Å². The van der Waals surface area contributed by atoms with E-state index in [1.165, 1.54) is 21.1 Å². The topological polar surface area (TPSA) is 82.8 Å². The Kier molecular flexibility index (Phi) is 4.03. The fourth-order valence-corrected chi connectivity index (χ4v) is 1.40. The average molecular weight is 240 g/mol. The fourth-order valence-electron chi connectivity index (χ4n) is 1.40. The number of Topliss-reactive ketones (excluding diaryl/α,β-unsaturated/α-hetero) is 1. The van der Waals surface area contributed by atoms with Gasteiger partial charge in [0.1, 0.15) is 5.56 Å². The number of hydrogen-bond donors (Lipinski definition) is 0. The van der Waals surface area contributed by atoms with Gasteiger partial charge in [-0.15, -0.1) is 0 Å². The van der Waals surface area contributed by atoms with Gasteiger partial charge in [0.25, 0.3) is 5.95 Å². The van der Waals surface area contributed by atoms with Gasteiger partial charge >= 0.3 is 11.6 Å². The van der Waals surface area contributed by atoms with Crippen molar-refractivity contribution < 1.29 is 23.5 Å². The maximum absolute atomic E-state index is 11.4. The minimum absolute atomic E-state index is 0.0810. The van der Waals surface area contributed by atoms with Gasteiger partial charge in [-0.25, -0.2) is 4.79 Å². The molecule has 17 heavy (non-hydrogen) atoms. The van der Waals surface area contributed by atoms with Gasteiger partial charge in [0, 0.05) is 6.07 Å². The van der Waals surface area contributed by atoms with E-state index in [4.69, 9.17) is 9.15 Å². The van der Waals surface area contributed by atoms with E-state index >= 15 is 0 Å². The van der Waals surface area contributed by atoms with Crippen LogP contribution in [0.5, 0.6) is 5.95 Å². The van der Waals surface area contributed by atoms with Crippen LogP contribution in [0.25, 0.3) is 0 Å². The van der Waals surface area contributed by atoms with E-state index < -0.39 is 11.6 Å². The van der Waals surface area contributed by atoms with E-state index in [1.807, 2.05) is 0 Å². The molecular formula is C11H12O6. The lowest BCUT2D eigenvalue weighted by Gasteiger charge is -2.08. The highest BCUT2D eigenvalue weighted by Gasteiger charge is 2.19. The molecule has 0 fully saturated rings. The summed E-state index contributed by atoms with van der Waals surface area (Å²) in [6.45, 7) is 1.29. The molecule has 0 aliphatic heterocycles. The van der Waals surface area contributed by atoms with Crippen LogP contribution >= 0.6 is 0 Å². The zero-order valence-corrected chi connectivity index (χ0v) is 9.73. The highest BCUT2D eigenvalue weighted by Crippen LogP contribution is 2.21. The molecule has 0 aromatic carbocycles. The Labute approximate surface area is 97.1 Å². The van der Waals surface area contributed by atoms with Crippen LogP contribution in [0.15, 0.2) is 15.3 Å². The molecular weight excluding hydrogens is 228 g/mol. The molecule has 0 spiro atoms. The van der Waals surface area contributed by atoms with Crippen LogP contribution < -0.4 is 10.4 Å². The van der Waals surface area contributed by atoms with E-state index in [0.717, 1.165) is 6.07 Å². The molecule has 0 aliphatic rings. The van der Waals surface area contributed by atoms with Crippen molar-refractivity contribution in [1.29, 1.82) is 0 Å². The second-order valence-electron chi connectivity index (χ2n) is 3.27. The number of carbonyl (C=O) groups is 2. The Morgan fingerprint density at radius 2 is 2.00 bits per heavy atom. The van der Waals surface area contributed by atoms with E-state index in [2.05, 4.69) is 4.74 Å². The fraction of sp³-hybridized carbons (Fsp3) is 0.364. The van der Waals surface area contributed by atoms with Crippen LogP contribution in [0.4, 0.5) is 0 Å². The summed E-state index contributed by atoms with van der Waals surface area (Å²) in [5.41, 5.74) is -0.374. The summed E-state index contributed by atoms with van der Waals surface area (Å²) in [6.07, 6.45) is -0.187. The van der Waals surface area contributed by atoms with Crippen molar-refractivity contribution in [1.82, 2.24) is 0 Å². The Morgan fingerprint density at radius 3 is 2.47 bits per heavy atom. The van der Waals surface area contributed by atoms with Gasteiger partial charge in [-0.05, 0) is 12.5 Å². The Bertz CT molecular complexity index is 499. The van der Waals surface area contributed by atoms with Gasteiger partial charge in [0.2, 0.25) is 0 Å². The highest BCUT2D eigenvalue weighted by molar-refractivity contribution is 5.98. The molecule has 1 aromatic rings. The van der Waals surface area contributed by atoms with Gasteiger partial charge in [0.15, 0.2) is 5.78 Å². The minimum atomic E-state index is -0.689. The summed E-state index contributed by atoms with van der Waals surface area (Å²) in [5.74, 6) is -1.10. The smallest absolute Gasteiger partial charge is 0.338 e. The monoisotopic (exact) mass is 240 g/mol. The zero-order valence-electron chi connectivity index (χ0n) is 9.73. The first-order valence-electron chi connectivity index (χ1n) is 4.78. The summed E-state index contributed by atoms with van der Waals surface area (Å²) in [4.78, 5) is 33.8. The molecule has 1 rings (SSSR count). The molecule has 6 nitrogen and oxygen atoms in total. The zero-order chi connectivity index (χ0) is 13.0. The molecule has 1 heterocycles. The summed E-state index contributed by atoms with van der Waals surface area (Å²) >= 11 is 0. The standard InChI is InChI=1S/C11H12O6/c1-6(12)10-7(4-8(13)15-2)5-9(14)17-11(10)16-3/h5H,4H2,1-3H3. The first kappa shape index (κ1) is 13.0. The molecule has 0 unspecified atom stereocenters. The normalized spacial score (nSPS) is 9.82. The number of esters is 1. The van der Waals surface area contributed by atoms with Gasteiger partial charge in [-0.1, -0.05) is 0 Å². The minimum Gasteiger partial charge on any atom is -0.469 e. The highest BCUT2D eigenvalue weighted by atomic mass is 16.6. The summed E-state index contributed by atoms with van der Waals surface area (Å²) < 4.78 is 14.0. The Hall–Kier alpha value is -2.11. The number of rotatable bonds is 4. The van der Waals surface area contributed by atoms with Crippen LogP contribution in [0, 0.1) is 0 Å². The van der Waals surface area contributed by atoms with Gasteiger partial charge in [-0.3, -0.25) is 9.59 Å². The number of ether oxygens (including phenoxy) is 2. The molecule has 0 radical (unpaired) electrons. The van der Waals surface area contributed by atoms with Crippen molar-refractivity contribution in [3.05, 3.63) is 27.6 Å². The third-order valence-electron chi connectivity index (χ3n) is 2.11. The first-order chi connectivity index (χ1) is 7.99. The maximum Gasteiger partial charge on any atom is 0.338 e. The molecule has 0 aliphatic carbocycles. The van der Waals surface area contributed by atoms with Crippen molar-refractivity contribution in [2.45, 2.75) is 13.3 Å². The summed E-state index contributed by atoms with van der Waals surface area (Å²) in [5, 5.41) is 0. The molecule has 0 bridgehead atoms. The van der Waals surface area contributed by atoms with Crippen LogP contribution in [0.1, 0.15) is 22.8 Å².